The van der Waals surface area contributed by atoms with E-state index in [0.29, 0.717) is 24.5 Å². The van der Waals surface area contributed by atoms with E-state index in [0.717, 1.165) is 12.8 Å². The predicted molar refractivity (Wildman–Crippen MR) is 63.7 cm³/mol. The fourth-order valence-corrected chi connectivity index (χ4v) is 2.45. The molecule has 1 fully saturated rings. The second-order valence-electron chi connectivity index (χ2n) is 4.86. The summed E-state index contributed by atoms with van der Waals surface area (Å²) < 4.78 is 1.73. The van der Waals surface area contributed by atoms with Crippen molar-refractivity contribution >= 4 is 11.6 Å². The van der Waals surface area contributed by atoms with Gasteiger partial charge in [0, 0.05) is 19.7 Å². The summed E-state index contributed by atoms with van der Waals surface area (Å²) in [6, 6.07) is 0. The van der Waals surface area contributed by atoms with Crippen molar-refractivity contribution in [2.24, 2.45) is 18.9 Å². The number of hydrogen-bond donors (Lipinski definition) is 0. The molecule has 1 aromatic heterocycles. The molecule has 0 N–H and O–H groups in total. The van der Waals surface area contributed by atoms with Gasteiger partial charge < -0.3 is 4.57 Å². The van der Waals surface area contributed by atoms with Gasteiger partial charge in [0.15, 0.2) is 5.78 Å². The molecule has 0 bridgehead atoms. The maximum Gasteiger partial charge on any atom is 0.193 e. The molecule has 92 valence electrons. The summed E-state index contributed by atoms with van der Waals surface area (Å²) in [6.45, 7) is 2.11. The van der Waals surface area contributed by atoms with Gasteiger partial charge in [-0.3, -0.25) is 9.59 Å². The Balaban J connectivity index is 2.14. The molecular formula is C13H18N2O2. The zero-order valence-corrected chi connectivity index (χ0v) is 10.3. The standard InChI is InChI=1S/C13H18N2O2/c1-3-9-4-5-12(16)10(6-9)13(17)11-7-15(2)8-14-11/h7-10H,3-6H2,1-2H3. The largest absolute Gasteiger partial charge is 0.340 e. The summed E-state index contributed by atoms with van der Waals surface area (Å²) >= 11 is 0. The Bertz CT molecular complexity index is 436. The third-order valence-electron chi connectivity index (χ3n) is 3.61. The van der Waals surface area contributed by atoms with E-state index in [2.05, 4.69) is 11.9 Å². The highest BCUT2D eigenvalue weighted by atomic mass is 16.2. The van der Waals surface area contributed by atoms with Crippen LogP contribution in [-0.2, 0) is 11.8 Å². The summed E-state index contributed by atoms with van der Waals surface area (Å²) in [5.74, 6) is 0.0352. The summed E-state index contributed by atoms with van der Waals surface area (Å²) in [5, 5.41) is 0. The van der Waals surface area contributed by atoms with Crippen LogP contribution < -0.4 is 0 Å². The second-order valence-corrected chi connectivity index (χ2v) is 4.86. The number of nitrogens with zero attached hydrogens (tertiary/aromatic N) is 2. The highest BCUT2D eigenvalue weighted by Gasteiger charge is 2.34. The predicted octanol–water partition coefficient (Wildman–Crippen LogP) is 2.00. The molecule has 1 aromatic rings. The van der Waals surface area contributed by atoms with Gasteiger partial charge in [-0.1, -0.05) is 13.3 Å². The van der Waals surface area contributed by atoms with Gasteiger partial charge in [-0.2, -0.15) is 0 Å². The van der Waals surface area contributed by atoms with Crippen molar-refractivity contribution in [3.63, 3.8) is 0 Å². The quantitative estimate of drug-likeness (QED) is 0.593. The lowest BCUT2D eigenvalue weighted by Gasteiger charge is -2.25. The number of aromatic nitrogens is 2. The summed E-state index contributed by atoms with van der Waals surface area (Å²) in [7, 11) is 1.82. The first-order chi connectivity index (χ1) is 8.11. The van der Waals surface area contributed by atoms with Crippen LogP contribution in [0.15, 0.2) is 12.5 Å². The van der Waals surface area contributed by atoms with Crippen molar-refractivity contribution in [1.82, 2.24) is 9.55 Å². The Morgan fingerprint density at radius 3 is 2.94 bits per heavy atom. The van der Waals surface area contributed by atoms with Crippen molar-refractivity contribution in [2.45, 2.75) is 32.6 Å². The lowest BCUT2D eigenvalue weighted by molar-refractivity contribution is -0.123. The minimum atomic E-state index is -0.455. The number of imidazole rings is 1. The Hall–Kier alpha value is -1.45. The van der Waals surface area contributed by atoms with E-state index in [1.807, 2.05) is 7.05 Å². The monoisotopic (exact) mass is 234 g/mol. The molecule has 4 heteroatoms. The van der Waals surface area contributed by atoms with Crippen LogP contribution in [0.3, 0.4) is 0 Å². The molecule has 17 heavy (non-hydrogen) atoms. The minimum absolute atomic E-state index is 0.0883. The average molecular weight is 234 g/mol. The molecule has 4 nitrogen and oxygen atoms in total. The van der Waals surface area contributed by atoms with Crippen LogP contribution in [0.5, 0.6) is 0 Å². The third kappa shape index (κ3) is 2.46. The maximum atomic E-state index is 12.2. The molecular weight excluding hydrogens is 216 g/mol. The zero-order chi connectivity index (χ0) is 12.4. The molecule has 1 aliphatic rings. The molecule has 1 heterocycles. The Morgan fingerprint density at radius 1 is 1.59 bits per heavy atom. The number of aryl methyl sites for hydroxylation is 1. The van der Waals surface area contributed by atoms with Crippen molar-refractivity contribution in [3.05, 3.63) is 18.2 Å². The molecule has 1 aliphatic carbocycles. The molecule has 1 saturated carbocycles. The van der Waals surface area contributed by atoms with E-state index in [9.17, 15) is 9.59 Å². The van der Waals surface area contributed by atoms with Crippen LogP contribution >= 0.6 is 0 Å². The van der Waals surface area contributed by atoms with E-state index >= 15 is 0 Å². The molecule has 2 unspecified atom stereocenters. The molecule has 2 atom stereocenters. The van der Waals surface area contributed by atoms with Gasteiger partial charge in [0.2, 0.25) is 0 Å². The first kappa shape index (κ1) is 12.0. The smallest absolute Gasteiger partial charge is 0.193 e. The van der Waals surface area contributed by atoms with E-state index < -0.39 is 5.92 Å². The second kappa shape index (κ2) is 4.82. The Labute approximate surface area is 101 Å². The highest BCUT2D eigenvalue weighted by molar-refractivity contribution is 6.09. The van der Waals surface area contributed by atoms with Crippen LogP contribution in [0.2, 0.25) is 0 Å². The van der Waals surface area contributed by atoms with Gasteiger partial charge in [-0.15, -0.1) is 0 Å². The van der Waals surface area contributed by atoms with Crippen molar-refractivity contribution in [2.75, 3.05) is 0 Å². The van der Waals surface area contributed by atoms with Crippen LogP contribution in [-0.4, -0.2) is 21.1 Å². The summed E-state index contributed by atoms with van der Waals surface area (Å²) in [6.07, 6.45) is 6.50. The van der Waals surface area contributed by atoms with Gasteiger partial charge >= 0.3 is 0 Å². The lowest BCUT2D eigenvalue weighted by Crippen LogP contribution is -2.31. The van der Waals surface area contributed by atoms with Gasteiger partial charge in [-0.05, 0) is 18.8 Å². The zero-order valence-electron chi connectivity index (χ0n) is 10.3. The fourth-order valence-electron chi connectivity index (χ4n) is 2.45. The first-order valence-corrected chi connectivity index (χ1v) is 6.16. The van der Waals surface area contributed by atoms with Gasteiger partial charge in [0.05, 0.1) is 12.2 Å². The van der Waals surface area contributed by atoms with E-state index in [1.54, 1.807) is 17.1 Å². The van der Waals surface area contributed by atoms with Gasteiger partial charge in [0.1, 0.15) is 11.5 Å². The van der Waals surface area contributed by atoms with Crippen LogP contribution in [0.4, 0.5) is 0 Å². The van der Waals surface area contributed by atoms with E-state index in [-0.39, 0.29) is 11.6 Å². The SMILES string of the molecule is CCC1CCC(=O)C(C(=O)c2cn(C)cn2)C1. The van der Waals surface area contributed by atoms with Crippen LogP contribution in [0, 0.1) is 11.8 Å². The lowest BCUT2D eigenvalue weighted by atomic mass is 9.77. The number of ketones is 2. The molecule has 0 amide bonds. The average Bonchev–Trinajstić information content (AvgIpc) is 2.76. The minimum Gasteiger partial charge on any atom is -0.340 e. The number of carbonyl (C=O) groups excluding carboxylic acids is 2. The number of carbonyl (C=O) groups is 2. The van der Waals surface area contributed by atoms with Crippen molar-refractivity contribution in [3.8, 4) is 0 Å². The topological polar surface area (TPSA) is 52.0 Å². The number of rotatable bonds is 3. The van der Waals surface area contributed by atoms with E-state index in [4.69, 9.17) is 0 Å². The highest BCUT2D eigenvalue weighted by Crippen LogP contribution is 2.30. The van der Waals surface area contributed by atoms with Gasteiger partial charge in [0.25, 0.3) is 0 Å². The Kier molecular flexibility index (Phi) is 3.41. The summed E-state index contributed by atoms with van der Waals surface area (Å²) in [5.41, 5.74) is 0.419. The molecule has 0 aliphatic heterocycles. The van der Waals surface area contributed by atoms with Gasteiger partial charge in [-0.25, -0.2) is 4.98 Å². The third-order valence-corrected chi connectivity index (χ3v) is 3.61. The van der Waals surface area contributed by atoms with E-state index in [1.165, 1.54) is 0 Å². The molecule has 0 saturated heterocycles. The molecule has 0 aromatic carbocycles. The molecule has 0 spiro atoms. The normalized spacial score (nSPS) is 24.9. The number of hydrogen-bond acceptors (Lipinski definition) is 3. The number of Topliss-reactive ketones (excluding diaryl/α,β-unsaturated/α-hetero) is 2. The molecule has 0 radical (unpaired) electrons. The van der Waals surface area contributed by atoms with Crippen LogP contribution in [0.1, 0.15) is 43.1 Å². The molecule has 2 rings (SSSR count). The Morgan fingerprint density at radius 2 is 2.35 bits per heavy atom. The van der Waals surface area contributed by atoms with Crippen molar-refractivity contribution in [1.29, 1.82) is 0 Å². The maximum absolute atomic E-state index is 12.2. The first-order valence-electron chi connectivity index (χ1n) is 6.16. The summed E-state index contributed by atoms with van der Waals surface area (Å²) in [4.78, 5) is 28.0. The fraction of sp³-hybridized carbons (Fsp3) is 0.615. The van der Waals surface area contributed by atoms with Crippen molar-refractivity contribution < 1.29 is 9.59 Å². The van der Waals surface area contributed by atoms with Crippen LogP contribution in [0.25, 0.3) is 0 Å².